The zero-order chi connectivity index (χ0) is 12.7. The van der Waals surface area contributed by atoms with Crippen molar-refractivity contribution in [1.29, 1.82) is 0 Å². The van der Waals surface area contributed by atoms with Crippen molar-refractivity contribution < 1.29 is 9.59 Å². The van der Waals surface area contributed by atoms with Crippen LogP contribution in [0.1, 0.15) is 25.7 Å². The minimum absolute atomic E-state index is 0.0747. The molecule has 1 rings (SSSR count). The number of carbonyl (C=O) groups is 2. The summed E-state index contributed by atoms with van der Waals surface area (Å²) in [6.07, 6.45) is 1.98. The molecule has 3 nitrogen and oxygen atoms in total. The van der Waals surface area contributed by atoms with E-state index in [1.54, 1.807) is 24.3 Å². The third-order valence-corrected chi connectivity index (χ3v) is 2.60. The SMILES string of the molecule is O=C(Cl)CCCCC(=O)Nc1ccc(Cl)cc1. The highest BCUT2D eigenvalue weighted by atomic mass is 35.5. The summed E-state index contributed by atoms with van der Waals surface area (Å²) in [4.78, 5) is 21.9. The Morgan fingerprint density at radius 1 is 1.06 bits per heavy atom. The molecule has 0 unspecified atom stereocenters. The van der Waals surface area contributed by atoms with E-state index in [2.05, 4.69) is 5.32 Å². The Balaban J connectivity index is 2.25. The van der Waals surface area contributed by atoms with Gasteiger partial charge in [-0.3, -0.25) is 9.59 Å². The number of carbonyl (C=O) groups excluding carboxylic acids is 2. The van der Waals surface area contributed by atoms with Crippen molar-refractivity contribution in [2.24, 2.45) is 0 Å². The molecule has 0 saturated carbocycles. The Hall–Kier alpha value is -1.06. The maximum Gasteiger partial charge on any atom is 0.224 e. The molecule has 0 spiro atoms. The standard InChI is InChI=1S/C12H13Cl2NO2/c13-9-5-7-10(8-6-9)15-12(17)4-2-1-3-11(14)16/h5-8H,1-4H2,(H,15,17). The van der Waals surface area contributed by atoms with E-state index < -0.39 is 0 Å². The van der Waals surface area contributed by atoms with Crippen LogP contribution in [0.5, 0.6) is 0 Å². The molecule has 1 N–H and O–H groups in total. The Bertz CT molecular complexity index is 390. The van der Waals surface area contributed by atoms with Crippen LogP contribution in [0.25, 0.3) is 0 Å². The van der Waals surface area contributed by atoms with Gasteiger partial charge in [-0.15, -0.1) is 0 Å². The molecule has 0 atom stereocenters. The van der Waals surface area contributed by atoms with Crippen molar-refractivity contribution in [1.82, 2.24) is 0 Å². The fourth-order valence-electron chi connectivity index (χ4n) is 1.31. The van der Waals surface area contributed by atoms with Crippen molar-refractivity contribution in [2.75, 3.05) is 5.32 Å². The van der Waals surface area contributed by atoms with Gasteiger partial charge >= 0.3 is 0 Å². The topological polar surface area (TPSA) is 46.2 Å². The highest BCUT2D eigenvalue weighted by Gasteiger charge is 2.03. The molecule has 1 amide bonds. The molecule has 0 aliphatic carbocycles. The molecule has 17 heavy (non-hydrogen) atoms. The molecule has 0 aliphatic rings. The second kappa shape index (κ2) is 7.30. The monoisotopic (exact) mass is 273 g/mol. The lowest BCUT2D eigenvalue weighted by Crippen LogP contribution is -2.10. The molecule has 0 bridgehead atoms. The second-order valence-corrected chi connectivity index (χ2v) is 4.48. The third kappa shape index (κ3) is 6.29. The minimum atomic E-state index is -0.358. The van der Waals surface area contributed by atoms with Gasteiger partial charge in [-0.05, 0) is 48.7 Å². The first-order chi connectivity index (χ1) is 8.08. The maximum absolute atomic E-state index is 11.5. The number of halogens is 2. The number of nitrogens with one attached hydrogen (secondary N) is 1. The van der Waals surface area contributed by atoms with Crippen LogP contribution in [0.15, 0.2) is 24.3 Å². The van der Waals surface area contributed by atoms with Crippen molar-refractivity contribution in [3.8, 4) is 0 Å². The molecule has 92 valence electrons. The van der Waals surface area contributed by atoms with E-state index in [0.29, 0.717) is 36.4 Å². The van der Waals surface area contributed by atoms with Crippen molar-refractivity contribution in [3.05, 3.63) is 29.3 Å². The molecule has 0 aliphatic heterocycles. The van der Waals surface area contributed by atoms with Crippen LogP contribution < -0.4 is 5.32 Å². The van der Waals surface area contributed by atoms with Gasteiger partial charge in [0, 0.05) is 23.6 Å². The highest BCUT2D eigenvalue weighted by Crippen LogP contribution is 2.14. The lowest BCUT2D eigenvalue weighted by atomic mass is 10.2. The van der Waals surface area contributed by atoms with Crippen LogP contribution in [0.3, 0.4) is 0 Å². The lowest BCUT2D eigenvalue weighted by molar-refractivity contribution is -0.116. The number of rotatable bonds is 6. The number of unbranched alkanes of at least 4 members (excludes halogenated alkanes) is 1. The summed E-state index contributed by atoms with van der Waals surface area (Å²) in [6, 6.07) is 6.90. The largest absolute Gasteiger partial charge is 0.326 e. The van der Waals surface area contributed by atoms with Crippen LogP contribution in [0, 0.1) is 0 Å². The molecule has 1 aromatic carbocycles. The van der Waals surface area contributed by atoms with Crippen molar-refractivity contribution in [2.45, 2.75) is 25.7 Å². The zero-order valence-electron chi connectivity index (χ0n) is 9.21. The third-order valence-electron chi connectivity index (χ3n) is 2.16. The average Bonchev–Trinajstić information content (AvgIpc) is 2.27. The summed E-state index contributed by atoms with van der Waals surface area (Å²) >= 11 is 10.9. The Morgan fingerprint density at radius 3 is 2.24 bits per heavy atom. The summed E-state index contributed by atoms with van der Waals surface area (Å²) in [5.74, 6) is -0.0747. The number of hydrogen-bond acceptors (Lipinski definition) is 2. The first-order valence-electron chi connectivity index (χ1n) is 5.31. The zero-order valence-corrected chi connectivity index (χ0v) is 10.7. The van der Waals surface area contributed by atoms with Gasteiger partial charge in [-0.2, -0.15) is 0 Å². The average molecular weight is 274 g/mol. The quantitative estimate of drug-likeness (QED) is 0.636. The van der Waals surface area contributed by atoms with Crippen molar-refractivity contribution >= 4 is 40.0 Å². The summed E-state index contributed by atoms with van der Waals surface area (Å²) in [5.41, 5.74) is 0.716. The predicted octanol–water partition coefficient (Wildman–Crippen LogP) is 3.60. The van der Waals surface area contributed by atoms with Crippen molar-refractivity contribution in [3.63, 3.8) is 0 Å². The summed E-state index contributed by atoms with van der Waals surface area (Å²) in [7, 11) is 0. The molecule has 0 radical (unpaired) electrons. The van der Waals surface area contributed by atoms with E-state index in [-0.39, 0.29) is 11.1 Å². The number of anilines is 1. The molecule has 0 heterocycles. The van der Waals surface area contributed by atoms with Gasteiger partial charge in [0.15, 0.2) is 0 Å². The van der Waals surface area contributed by atoms with Gasteiger partial charge in [0.2, 0.25) is 11.1 Å². The molecular formula is C12H13Cl2NO2. The van der Waals surface area contributed by atoms with E-state index in [1.807, 2.05) is 0 Å². The number of amides is 1. The van der Waals surface area contributed by atoms with Crippen LogP contribution in [0.2, 0.25) is 5.02 Å². The van der Waals surface area contributed by atoms with Crippen LogP contribution in [-0.2, 0) is 9.59 Å². The normalized spacial score (nSPS) is 10.0. The molecule has 0 fully saturated rings. The van der Waals surface area contributed by atoms with Gasteiger partial charge in [0.1, 0.15) is 0 Å². The van der Waals surface area contributed by atoms with E-state index in [4.69, 9.17) is 23.2 Å². The van der Waals surface area contributed by atoms with Gasteiger partial charge < -0.3 is 5.32 Å². The predicted molar refractivity (Wildman–Crippen MR) is 69.4 cm³/mol. The number of benzene rings is 1. The Morgan fingerprint density at radius 2 is 1.65 bits per heavy atom. The van der Waals surface area contributed by atoms with Gasteiger partial charge in [-0.1, -0.05) is 11.6 Å². The fourth-order valence-corrected chi connectivity index (χ4v) is 1.57. The minimum Gasteiger partial charge on any atom is -0.326 e. The first kappa shape index (κ1) is 14.0. The lowest BCUT2D eigenvalue weighted by Gasteiger charge is -2.04. The Kier molecular flexibility index (Phi) is 6.01. The fraction of sp³-hybridized carbons (Fsp3) is 0.333. The first-order valence-corrected chi connectivity index (χ1v) is 6.07. The summed E-state index contributed by atoms with van der Waals surface area (Å²) < 4.78 is 0. The molecule has 5 heteroatoms. The summed E-state index contributed by atoms with van der Waals surface area (Å²) in [5, 5.41) is 3.01. The smallest absolute Gasteiger partial charge is 0.224 e. The molecule has 0 saturated heterocycles. The molecular weight excluding hydrogens is 261 g/mol. The van der Waals surface area contributed by atoms with E-state index in [9.17, 15) is 9.59 Å². The number of hydrogen-bond donors (Lipinski definition) is 1. The maximum atomic E-state index is 11.5. The van der Waals surface area contributed by atoms with E-state index in [1.165, 1.54) is 0 Å². The van der Waals surface area contributed by atoms with Gasteiger partial charge in [0.25, 0.3) is 0 Å². The van der Waals surface area contributed by atoms with Crippen LogP contribution in [0.4, 0.5) is 5.69 Å². The van der Waals surface area contributed by atoms with Gasteiger partial charge in [-0.25, -0.2) is 0 Å². The highest BCUT2D eigenvalue weighted by molar-refractivity contribution is 6.63. The van der Waals surface area contributed by atoms with Crippen LogP contribution >= 0.6 is 23.2 Å². The second-order valence-electron chi connectivity index (χ2n) is 3.62. The molecule has 0 aromatic heterocycles. The van der Waals surface area contributed by atoms with Gasteiger partial charge in [0.05, 0.1) is 0 Å². The molecule has 1 aromatic rings. The van der Waals surface area contributed by atoms with Crippen LogP contribution in [-0.4, -0.2) is 11.1 Å². The Labute approximate surface area is 110 Å². The van der Waals surface area contributed by atoms with E-state index in [0.717, 1.165) is 0 Å². The summed E-state index contributed by atoms with van der Waals surface area (Å²) in [6.45, 7) is 0. The van der Waals surface area contributed by atoms with E-state index >= 15 is 0 Å².